The summed E-state index contributed by atoms with van der Waals surface area (Å²) in [5.41, 5.74) is 1.21. The molecule has 3 N–H and O–H groups in total. The van der Waals surface area contributed by atoms with Gasteiger partial charge in [0.25, 0.3) is 5.91 Å². The number of benzene rings is 2. The molecule has 0 bridgehead atoms. The van der Waals surface area contributed by atoms with E-state index in [1.54, 1.807) is 43.3 Å². The molecule has 0 saturated heterocycles. The molecular formula is C17H16N2O4. The summed E-state index contributed by atoms with van der Waals surface area (Å²) in [6, 6.07) is 12.5. The first-order valence-electron chi connectivity index (χ1n) is 7.05. The number of anilines is 2. The highest BCUT2D eigenvalue weighted by Gasteiger charge is 2.13. The molecule has 0 heterocycles. The van der Waals surface area contributed by atoms with Gasteiger partial charge in [-0.1, -0.05) is 19.1 Å². The highest BCUT2D eigenvalue weighted by molar-refractivity contribution is 6.08. The number of para-hydroxylation sites is 1. The zero-order valence-electron chi connectivity index (χ0n) is 12.5. The minimum absolute atomic E-state index is 0.0210. The van der Waals surface area contributed by atoms with Crippen molar-refractivity contribution in [2.75, 3.05) is 10.6 Å². The molecule has 2 aromatic carbocycles. The fourth-order valence-electron chi connectivity index (χ4n) is 1.93. The molecule has 2 aromatic rings. The van der Waals surface area contributed by atoms with E-state index in [1.807, 2.05) is 0 Å². The van der Waals surface area contributed by atoms with Crippen LogP contribution in [0.3, 0.4) is 0 Å². The second-order valence-electron chi connectivity index (χ2n) is 4.78. The standard InChI is InChI=1S/C17H16N2O4/c1-2-15(20)18-12-9-7-11(8-10-12)16(21)19-14-6-4-3-5-13(14)17(22)23/h3-10H,2H2,1H3,(H,18,20)(H,19,21)(H,22,23). The van der Waals surface area contributed by atoms with Gasteiger partial charge in [0.15, 0.2) is 0 Å². The van der Waals surface area contributed by atoms with E-state index in [1.165, 1.54) is 12.1 Å². The Bertz CT molecular complexity index is 739. The molecule has 2 rings (SSSR count). The van der Waals surface area contributed by atoms with Crippen LogP contribution >= 0.6 is 0 Å². The van der Waals surface area contributed by atoms with E-state index >= 15 is 0 Å². The summed E-state index contributed by atoms with van der Waals surface area (Å²) in [7, 11) is 0. The molecule has 0 fully saturated rings. The van der Waals surface area contributed by atoms with Gasteiger partial charge in [-0.3, -0.25) is 9.59 Å². The quantitative estimate of drug-likeness (QED) is 0.791. The highest BCUT2D eigenvalue weighted by Crippen LogP contribution is 2.17. The first-order chi connectivity index (χ1) is 11.0. The Balaban J connectivity index is 2.12. The Morgan fingerprint density at radius 1 is 0.957 bits per heavy atom. The van der Waals surface area contributed by atoms with Crippen LogP contribution < -0.4 is 10.6 Å². The number of hydrogen-bond donors (Lipinski definition) is 3. The van der Waals surface area contributed by atoms with Gasteiger partial charge in [0, 0.05) is 17.7 Å². The van der Waals surface area contributed by atoms with Crippen LogP contribution in [0.5, 0.6) is 0 Å². The lowest BCUT2D eigenvalue weighted by molar-refractivity contribution is -0.115. The van der Waals surface area contributed by atoms with Crippen LogP contribution in [0.4, 0.5) is 11.4 Å². The summed E-state index contributed by atoms with van der Waals surface area (Å²) in [6.07, 6.45) is 0.369. The van der Waals surface area contributed by atoms with Gasteiger partial charge >= 0.3 is 5.97 Å². The van der Waals surface area contributed by atoms with Gasteiger partial charge in [-0.25, -0.2) is 4.79 Å². The zero-order valence-corrected chi connectivity index (χ0v) is 12.5. The molecule has 6 heteroatoms. The largest absolute Gasteiger partial charge is 0.478 e. The van der Waals surface area contributed by atoms with Crippen molar-refractivity contribution in [2.45, 2.75) is 13.3 Å². The molecule has 0 radical (unpaired) electrons. The SMILES string of the molecule is CCC(=O)Nc1ccc(C(=O)Nc2ccccc2C(=O)O)cc1. The van der Waals surface area contributed by atoms with E-state index in [9.17, 15) is 14.4 Å². The van der Waals surface area contributed by atoms with Crippen molar-refractivity contribution in [3.05, 3.63) is 59.7 Å². The second kappa shape index (κ2) is 7.22. The van der Waals surface area contributed by atoms with E-state index in [2.05, 4.69) is 10.6 Å². The fraction of sp³-hybridized carbons (Fsp3) is 0.118. The monoisotopic (exact) mass is 312 g/mol. The molecule has 0 spiro atoms. The van der Waals surface area contributed by atoms with Crippen molar-refractivity contribution in [3.63, 3.8) is 0 Å². The van der Waals surface area contributed by atoms with Gasteiger partial charge in [-0.05, 0) is 36.4 Å². The van der Waals surface area contributed by atoms with Gasteiger partial charge < -0.3 is 15.7 Å². The number of carboxylic acid groups (broad SMARTS) is 1. The van der Waals surface area contributed by atoms with Gasteiger partial charge in [-0.2, -0.15) is 0 Å². The Hall–Kier alpha value is -3.15. The summed E-state index contributed by atoms with van der Waals surface area (Å²) in [5.74, 6) is -1.65. The van der Waals surface area contributed by atoms with Gasteiger partial charge in [0.1, 0.15) is 0 Å². The summed E-state index contributed by atoms with van der Waals surface area (Å²) in [6.45, 7) is 1.75. The van der Waals surface area contributed by atoms with E-state index in [4.69, 9.17) is 5.11 Å². The van der Waals surface area contributed by atoms with Crippen LogP contribution in [0.15, 0.2) is 48.5 Å². The number of carbonyl (C=O) groups is 3. The maximum Gasteiger partial charge on any atom is 0.337 e. The van der Waals surface area contributed by atoms with Crippen LogP contribution in [0.2, 0.25) is 0 Å². The predicted octanol–water partition coefficient (Wildman–Crippen LogP) is 2.99. The molecule has 0 atom stereocenters. The third kappa shape index (κ3) is 4.16. The number of hydrogen-bond acceptors (Lipinski definition) is 3. The molecule has 0 aromatic heterocycles. The number of carbonyl (C=O) groups excluding carboxylic acids is 2. The molecule has 0 aliphatic carbocycles. The number of carboxylic acids is 1. The molecule has 0 unspecified atom stereocenters. The molecule has 2 amide bonds. The maximum atomic E-state index is 12.2. The molecule has 0 aliphatic rings. The average Bonchev–Trinajstić information content (AvgIpc) is 2.55. The average molecular weight is 312 g/mol. The van der Waals surface area contributed by atoms with Crippen molar-refractivity contribution >= 4 is 29.2 Å². The van der Waals surface area contributed by atoms with E-state index in [-0.39, 0.29) is 17.2 Å². The third-order valence-electron chi connectivity index (χ3n) is 3.16. The zero-order chi connectivity index (χ0) is 16.8. The first-order valence-corrected chi connectivity index (χ1v) is 7.05. The lowest BCUT2D eigenvalue weighted by Crippen LogP contribution is -2.15. The van der Waals surface area contributed by atoms with Crippen molar-refractivity contribution in [1.82, 2.24) is 0 Å². The van der Waals surface area contributed by atoms with Crippen LogP contribution in [0.1, 0.15) is 34.1 Å². The van der Waals surface area contributed by atoms with E-state index in [0.29, 0.717) is 17.7 Å². The molecule has 0 aliphatic heterocycles. The van der Waals surface area contributed by atoms with Crippen molar-refractivity contribution in [1.29, 1.82) is 0 Å². The number of rotatable bonds is 5. The lowest BCUT2D eigenvalue weighted by Gasteiger charge is -2.09. The smallest absolute Gasteiger partial charge is 0.337 e. The van der Waals surface area contributed by atoms with E-state index in [0.717, 1.165) is 0 Å². The maximum absolute atomic E-state index is 12.2. The fourth-order valence-corrected chi connectivity index (χ4v) is 1.93. The molecule has 118 valence electrons. The Labute approximate surface area is 133 Å². The molecule has 0 saturated carbocycles. The summed E-state index contributed by atoms with van der Waals surface area (Å²) in [4.78, 5) is 34.6. The van der Waals surface area contributed by atoms with Crippen molar-refractivity contribution < 1.29 is 19.5 Å². The first kappa shape index (κ1) is 16.2. The molecule has 23 heavy (non-hydrogen) atoms. The normalized spacial score (nSPS) is 9.96. The highest BCUT2D eigenvalue weighted by atomic mass is 16.4. The summed E-state index contributed by atoms with van der Waals surface area (Å²) < 4.78 is 0. The van der Waals surface area contributed by atoms with Crippen LogP contribution in [0, 0.1) is 0 Å². The Morgan fingerprint density at radius 3 is 2.22 bits per heavy atom. The van der Waals surface area contributed by atoms with Crippen molar-refractivity contribution in [2.24, 2.45) is 0 Å². The Kier molecular flexibility index (Phi) is 5.09. The van der Waals surface area contributed by atoms with Crippen LogP contribution in [0.25, 0.3) is 0 Å². The predicted molar refractivity (Wildman–Crippen MR) is 86.7 cm³/mol. The van der Waals surface area contributed by atoms with E-state index < -0.39 is 11.9 Å². The minimum atomic E-state index is -1.11. The van der Waals surface area contributed by atoms with Crippen molar-refractivity contribution in [3.8, 4) is 0 Å². The van der Waals surface area contributed by atoms with Crippen LogP contribution in [-0.4, -0.2) is 22.9 Å². The number of aromatic carboxylic acids is 1. The van der Waals surface area contributed by atoms with Gasteiger partial charge in [0.2, 0.25) is 5.91 Å². The molecular weight excluding hydrogens is 296 g/mol. The van der Waals surface area contributed by atoms with Gasteiger partial charge in [-0.15, -0.1) is 0 Å². The topological polar surface area (TPSA) is 95.5 Å². The number of amides is 2. The molecule has 6 nitrogen and oxygen atoms in total. The summed E-state index contributed by atoms with van der Waals surface area (Å²) >= 11 is 0. The Morgan fingerprint density at radius 2 is 1.61 bits per heavy atom. The summed E-state index contributed by atoms with van der Waals surface area (Å²) in [5, 5.41) is 14.4. The van der Waals surface area contributed by atoms with Gasteiger partial charge in [0.05, 0.1) is 11.3 Å². The van der Waals surface area contributed by atoms with Crippen LogP contribution in [-0.2, 0) is 4.79 Å². The number of nitrogens with one attached hydrogen (secondary N) is 2. The lowest BCUT2D eigenvalue weighted by atomic mass is 10.1. The second-order valence-corrected chi connectivity index (χ2v) is 4.78. The third-order valence-corrected chi connectivity index (χ3v) is 3.16. The minimum Gasteiger partial charge on any atom is -0.478 e.